The summed E-state index contributed by atoms with van der Waals surface area (Å²) in [6, 6.07) is 17.1. The third-order valence-electron chi connectivity index (χ3n) is 3.72. The average Bonchev–Trinajstić information content (AvgIpc) is 2.69. The first-order chi connectivity index (χ1) is 12.7. The van der Waals surface area contributed by atoms with E-state index in [2.05, 4.69) is 21.7 Å². The van der Waals surface area contributed by atoms with Gasteiger partial charge >= 0.3 is 0 Å². The van der Waals surface area contributed by atoms with Gasteiger partial charge in [0.2, 0.25) is 0 Å². The van der Waals surface area contributed by atoms with Gasteiger partial charge in [-0.1, -0.05) is 24.3 Å². The summed E-state index contributed by atoms with van der Waals surface area (Å²) in [6.45, 7) is 3.19. The third-order valence-corrected chi connectivity index (χ3v) is 3.72. The minimum atomic E-state index is -0.0697. The van der Waals surface area contributed by atoms with Crippen LogP contribution in [0.4, 0.5) is 0 Å². The van der Waals surface area contributed by atoms with E-state index < -0.39 is 0 Å². The van der Waals surface area contributed by atoms with E-state index in [0.717, 1.165) is 5.56 Å². The van der Waals surface area contributed by atoms with E-state index in [1.807, 2.05) is 43.3 Å². The van der Waals surface area contributed by atoms with Crippen LogP contribution < -0.4 is 20.1 Å². The number of para-hydroxylation sites is 2. The van der Waals surface area contributed by atoms with Gasteiger partial charge in [0.1, 0.15) is 6.10 Å². The molecule has 0 amide bonds. The average molecular weight is 480 g/mol. The van der Waals surface area contributed by atoms with Gasteiger partial charge in [-0.05, 0) is 36.8 Å². The van der Waals surface area contributed by atoms with Crippen LogP contribution in [0.2, 0.25) is 0 Å². The molecule has 0 aliphatic carbocycles. The summed E-state index contributed by atoms with van der Waals surface area (Å²) in [5.41, 5.74) is 1.73. The number of hydrogen-bond donors (Lipinski definition) is 2. The molecule has 0 aliphatic rings. The second-order valence-corrected chi connectivity index (χ2v) is 5.69. The summed E-state index contributed by atoms with van der Waals surface area (Å²) in [5, 5.41) is 15.3. The van der Waals surface area contributed by atoms with Gasteiger partial charge in [-0.15, -0.1) is 24.0 Å². The summed E-state index contributed by atoms with van der Waals surface area (Å²) in [7, 11) is 3.35. The molecule has 1 unspecified atom stereocenters. The molecule has 1 atom stereocenters. The first kappa shape index (κ1) is 22.6. The molecule has 6 nitrogen and oxygen atoms in total. The maximum absolute atomic E-state index is 8.83. The van der Waals surface area contributed by atoms with Crippen molar-refractivity contribution in [2.24, 2.45) is 4.99 Å². The number of rotatable bonds is 7. The number of methoxy groups -OCH3 is 1. The predicted molar refractivity (Wildman–Crippen MR) is 118 cm³/mol. The predicted octanol–water partition coefficient (Wildman–Crippen LogP) is 3.32. The second-order valence-electron chi connectivity index (χ2n) is 5.69. The van der Waals surface area contributed by atoms with Gasteiger partial charge in [-0.25, -0.2) is 0 Å². The first-order valence-electron chi connectivity index (χ1n) is 8.39. The van der Waals surface area contributed by atoms with Gasteiger partial charge in [0.05, 0.1) is 25.3 Å². The highest BCUT2D eigenvalue weighted by Crippen LogP contribution is 2.26. The van der Waals surface area contributed by atoms with E-state index in [1.165, 1.54) is 0 Å². The Labute approximate surface area is 177 Å². The van der Waals surface area contributed by atoms with Crippen molar-refractivity contribution in [3.63, 3.8) is 0 Å². The van der Waals surface area contributed by atoms with Crippen LogP contribution in [0.3, 0.4) is 0 Å². The number of nitrogens with zero attached hydrogens (tertiary/aromatic N) is 2. The Hall–Kier alpha value is -2.47. The number of nitriles is 1. The Bertz CT molecular complexity index is 772. The van der Waals surface area contributed by atoms with Crippen LogP contribution in [0, 0.1) is 11.3 Å². The summed E-state index contributed by atoms with van der Waals surface area (Å²) < 4.78 is 11.2. The van der Waals surface area contributed by atoms with E-state index in [1.54, 1.807) is 26.3 Å². The van der Waals surface area contributed by atoms with E-state index in [0.29, 0.717) is 36.1 Å². The molecule has 7 heteroatoms. The van der Waals surface area contributed by atoms with Crippen LogP contribution in [-0.4, -0.2) is 32.8 Å². The molecule has 2 rings (SSSR count). The summed E-state index contributed by atoms with van der Waals surface area (Å²) in [4.78, 5) is 4.21. The smallest absolute Gasteiger partial charge is 0.191 e. The van der Waals surface area contributed by atoms with Crippen LogP contribution in [0.15, 0.2) is 53.5 Å². The van der Waals surface area contributed by atoms with Crippen molar-refractivity contribution in [1.29, 1.82) is 5.26 Å². The van der Waals surface area contributed by atoms with Crippen LogP contribution in [0.5, 0.6) is 11.5 Å². The largest absolute Gasteiger partial charge is 0.493 e. The Morgan fingerprint density at radius 1 is 1.11 bits per heavy atom. The standard InChI is InChI=1S/C20H24N4O2.HI/c1-15(26-19-7-5-4-6-18(19)25-3)13-23-20(22-2)24-14-17-10-8-16(12-21)9-11-17;/h4-11,15H,13-14H2,1-3H3,(H2,22,23,24);1H. The molecule has 0 saturated carbocycles. The molecule has 0 fully saturated rings. The van der Waals surface area contributed by atoms with E-state index in [9.17, 15) is 0 Å². The fraction of sp³-hybridized carbons (Fsp3) is 0.300. The maximum Gasteiger partial charge on any atom is 0.191 e. The SMILES string of the molecule is CN=C(NCc1ccc(C#N)cc1)NCC(C)Oc1ccccc1OC.I. The van der Waals surface area contributed by atoms with Crippen LogP contribution in [-0.2, 0) is 6.54 Å². The van der Waals surface area contributed by atoms with Crippen molar-refractivity contribution < 1.29 is 9.47 Å². The zero-order valence-electron chi connectivity index (χ0n) is 15.7. The van der Waals surface area contributed by atoms with E-state index in [4.69, 9.17) is 14.7 Å². The van der Waals surface area contributed by atoms with E-state index >= 15 is 0 Å². The molecule has 0 spiro atoms. The zero-order chi connectivity index (χ0) is 18.8. The Morgan fingerprint density at radius 3 is 2.37 bits per heavy atom. The molecule has 0 radical (unpaired) electrons. The van der Waals surface area contributed by atoms with Crippen LogP contribution in [0.25, 0.3) is 0 Å². The topological polar surface area (TPSA) is 78.7 Å². The second kappa shape index (κ2) is 12.0. The zero-order valence-corrected chi connectivity index (χ0v) is 18.1. The van der Waals surface area contributed by atoms with Gasteiger partial charge in [0, 0.05) is 13.6 Å². The normalized spacial score (nSPS) is 11.6. The number of hydrogen-bond acceptors (Lipinski definition) is 4. The van der Waals surface area contributed by atoms with Crippen LogP contribution in [0.1, 0.15) is 18.1 Å². The minimum Gasteiger partial charge on any atom is -0.493 e. The number of guanidine groups is 1. The lowest BCUT2D eigenvalue weighted by atomic mass is 10.1. The van der Waals surface area contributed by atoms with Gasteiger partial charge in [0.15, 0.2) is 17.5 Å². The Morgan fingerprint density at radius 2 is 1.78 bits per heavy atom. The summed E-state index contributed by atoms with van der Waals surface area (Å²) >= 11 is 0. The van der Waals surface area contributed by atoms with Crippen molar-refractivity contribution in [1.82, 2.24) is 10.6 Å². The molecule has 144 valence electrons. The van der Waals surface area contributed by atoms with Crippen molar-refractivity contribution in [3.05, 3.63) is 59.7 Å². The molecule has 0 aliphatic heterocycles. The summed E-state index contributed by atoms with van der Waals surface area (Å²) in [5.74, 6) is 2.11. The van der Waals surface area contributed by atoms with Crippen LogP contribution >= 0.6 is 24.0 Å². The number of aliphatic imine (C=N–C) groups is 1. The lowest BCUT2D eigenvalue weighted by Gasteiger charge is -2.19. The Kier molecular flexibility index (Phi) is 10.0. The van der Waals surface area contributed by atoms with Gasteiger partial charge in [-0.3, -0.25) is 4.99 Å². The van der Waals surface area contributed by atoms with Gasteiger partial charge in [-0.2, -0.15) is 5.26 Å². The highest BCUT2D eigenvalue weighted by atomic mass is 127. The summed E-state index contributed by atoms with van der Waals surface area (Å²) in [6.07, 6.45) is -0.0697. The maximum atomic E-state index is 8.83. The highest BCUT2D eigenvalue weighted by Gasteiger charge is 2.09. The van der Waals surface area contributed by atoms with Crippen molar-refractivity contribution >= 4 is 29.9 Å². The number of benzene rings is 2. The molecule has 0 bridgehead atoms. The first-order valence-corrected chi connectivity index (χ1v) is 8.39. The van der Waals surface area contributed by atoms with Crippen molar-refractivity contribution in [2.45, 2.75) is 19.6 Å². The molecule has 0 heterocycles. The molecule has 2 N–H and O–H groups in total. The van der Waals surface area contributed by atoms with Gasteiger partial charge < -0.3 is 20.1 Å². The minimum absolute atomic E-state index is 0. The Balaban J connectivity index is 0.00000364. The molecule has 0 aromatic heterocycles. The molecule has 2 aromatic carbocycles. The lowest BCUT2D eigenvalue weighted by molar-refractivity contribution is 0.213. The molecular formula is C20H25IN4O2. The fourth-order valence-corrected chi connectivity index (χ4v) is 2.32. The van der Waals surface area contributed by atoms with Crippen molar-refractivity contribution in [3.8, 4) is 17.6 Å². The third kappa shape index (κ3) is 7.35. The molecular weight excluding hydrogens is 455 g/mol. The molecule has 2 aromatic rings. The monoisotopic (exact) mass is 480 g/mol. The fourth-order valence-electron chi connectivity index (χ4n) is 2.32. The molecule has 27 heavy (non-hydrogen) atoms. The quantitative estimate of drug-likeness (QED) is 0.361. The highest BCUT2D eigenvalue weighted by molar-refractivity contribution is 14.0. The van der Waals surface area contributed by atoms with Gasteiger partial charge in [0.25, 0.3) is 0 Å². The number of nitrogens with one attached hydrogen (secondary N) is 2. The molecule has 0 saturated heterocycles. The lowest BCUT2D eigenvalue weighted by Crippen LogP contribution is -2.41. The number of halogens is 1. The van der Waals surface area contributed by atoms with Crippen molar-refractivity contribution in [2.75, 3.05) is 20.7 Å². The number of ether oxygens (including phenoxy) is 2. The van der Waals surface area contributed by atoms with E-state index in [-0.39, 0.29) is 30.1 Å².